The van der Waals surface area contributed by atoms with Gasteiger partial charge in [-0.05, 0) is 172 Å². The summed E-state index contributed by atoms with van der Waals surface area (Å²) >= 11 is 5.94. The van der Waals surface area contributed by atoms with E-state index in [1.54, 1.807) is 47.4 Å². The molecule has 0 saturated heterocycles. The molecule has 87 heavy (non-hydrogen) atoms. The van der Waals surface area contributed by atoms with Crippen molar-refractivity contribution in [3.8, 4) is 35.2 Å². The normalized spacial score (nSPS) is 10.7. The Morgan fingerprint density at radius 3 is 1.54 bits per heavy atom. The second kappa shape index (κ2) is 30.3. The van der Waals surface area contributed by atoms with Crippen LogP contribution in [0.2, 0.25) is 5.02 Å². The molecule has 0 fully saturated rings. The Bertz CT molecular complexity index is 4370. The predicted molar refractivity (Wildman–Crippen MR) is 345 cm³/mol. The minimum atomic E-state index is 0.167. The number of anilines is 2. The average Bonchev–Trinajstić information content (AvgIpc) is 3.66. The molecule has 10 aromatic rings. The fourth-order valence-electron chi connectivity index (χ4n) is 9.53. The lowest BCUT2D eigenvalue weighted by molar-refractivity contribution is -0.117. The zero-order chi connectivity index (χ0) is 62.0. The van der Waals surface area contributed by atoms with Gasteiger partial charge < -0.3 is 49.6 Å². The number of methoxy groups -OCH3 is 3. The maximum Gasteiger partial charge on any atom is 0.288 e. The van der Waals surface area contributed by atoms with Crippen molar-refractivity contribution in [2.75, 3.05) is 46.4 Å². The van der Waals surface area contributed by atoms with E-state index in [-0.39, 0.29) is 31.0 Å². The minimum Gasteiger partial charge on any atom is -0.468 e. The van der Waals surface area contributed by atoms with Crippen LogP contribution in [0.25, 0.3) is 48.5 Å². The summed E-state index contributed by atoms with van der Waals surface area (Å²) < 4.78 is 25.9. The topological polar surface area (TPSA) is 201 Å². The molecule has 0 spiro atoms. The number of Topliss-reactive ketones (excluding diaryl/α,β-unsaturated/α-hetero) is 2. The van der Waals surface area contributed by atoms with E-state index in [0.717, 1.165) is 101 Å². The molecule has 10 rings (SSSR count). The predicted octanol–water partition coefficient (Wildman–Crippen LogP) is 13.7. The van der Waals surface area contributed by atoms with E-state index in [1.165, 1.54) is 28.5 Å². The number of nitrogens with two attached hydrogens (primary N) is 2. The van der Waals surface area contributed by atoms with Gasteiger partial charge >= 0.3 is 0 Å². The van der Waals surface area contributed by atoms with E-state index in [9.17, 15) is 9.59 Å². The lowest BCUT2D eigenvalue weighted by atomic mass is 9.98. The Morgan fingerprint density at radius 2 is 1.05 bits per heavy atom. The molecule has 0 amide bonds. The Morgan fingerprint density at radius 1 is 0.529 bits per heavy atom. The number of aromatic nitrogens is 5. The summed E-state index contributed by atoms with van der Waals surface area (Å²) in [5.41, 5.74) is 27.8. The van der Waals surface area contributed by atoms with Gasteiger partial charge in [0.2, 0.25) is 0 Å². The Hall–Kier alpha value is -9.79. The van der Waals surface area contributed by atoms with Gasteiger partial charge in [-0.1, -0.05) is 84.3 Å². The smallest absolute Gasteiger partial charge is 0.288 e. The highest BCUT2D eigenvalue weighted by Crippen LogP contribution is 2.31. The molecule has 0 aliphatic heterocycles. The average molecular weight is 1180 g/mol. The van der Waals surface area contributed by atoms with Crippen LogP contribution in [0, 0.1) is 51.0 Å². The molecule has 5 aromatic carbocycles. The van der Waals surface area contributed by atoms with Crippen LogP contribution in [0.1, 0.15) is 93.5 Å². The first-order valence-corrected chi connectivity index (χ1v) is 28.4. The van der Waals surface area contributed by atoms with Crippen molar-refractivity contribution in [3.05, 3.63) is 211 Å². The number of halogens is 1. The van der Waals surface area contributed by atoms with Crippen LogP contribution in [0.15, 0.2) is 128 Å². The number of nitrogens with zero attached hydrogens (tertiary/aromatic N) is 6. The Balaban J connectivity index is 0.000000173. The monoisotopic (exact) mass is 1180 g/mol. The number of rotatable bonds is 17. The fraction of sp³-hybridized carbons (Fsp3) is 0.239. The van der Waals surface area contributed by atoms with Gasteiger partial charge in [0.15, 0.2) is 25.2 Å². The summed E-state index contributed by atoms with van der Waals surface area (Å²) in [4.78, 5) is 48.1. The highest BCUT2D eigenvalue weighted by atomic mass is 35.5. The molecule has 15 nitrogen and oxygen atoms in total. The molecule has 16 heteroatoms. The highest BCUT2D eigenvalue weighted by molar-refractivity contribution is 6.33. The third-order valence-electron chi connectivity index (χ3n) is 14.1. The lowest BCUT2D eigenvalue weighted by Crippen LogP contribution is -2.00. The van der Waals surface area contributed by atoms with E-state index in [0.29, 0.717) is 60.0 Å². The van der Waals surface area contributed by atoms with Gasteiger partial charge in [0.25, 0.3) is 5.82 Å². The molecule has 0 unspecified atom stereocenters. The van der Waals surface area contributed by atoms with Crippen molar-refractivity contribution in [1.82, 2.24) is 24.9 Å². The molecule has 5 heterocycles. The first-order valence-electron chi connectivity index (χ1n) is 28.1. The maximum atomic E-state index is 11.3. The molecule has 0 bridgehead atoms. The summed E-state index contributed by atoms with van der Waals surface area (Å²) in [6.07, 6.45) is 9.44. The second-order valence-corrected chi connectivity index (χ2v) is 21.3. The summed E-state index contributed by atoms with van der Waals surface area (Å²) in [6, 6.07) is 35.9. The zero-order valence-corrected chi connectivity index (χ0v) is 50.8. The van der Waals surface area contributed by atoms with Crippen molar-refractivity contribution in [2.24, 2.45) is 0 Å². The summed E-state index contributed by atoms with van der Waals surface area (Å²) in [6.45, 7) is 17.3. The van der Waals surface area contributed by atoms with Crippen LogP contribution >= 0.6 is 11.6 Å². The van der Waals surface area contributed by atoms with Gasteiger partial charge in [0.1, 0.15) is 40.3 Å². The quantitative estimate of drug-likeness (QED) is 0.0377. The number of hydrogen-bond donors (Lipinski definition) is 2. The van der Waals surface area contributed by atoms with E-state index in [2.05, 4.69) is 96.8 Å². The molecule has 0 aliphatic rings. The van der Waals surface area contributed by atoms with Crippen molar-refractivity contribution in [3.63, 3.8) is 0 Å². The third kappa shape index (κ3) is 17.2. The number of ether oxygens (including phenoxy) is 5. The number of nitrogen functional groups attached to an aromatic ring is 2. The molecular weight excluding hydrogens is 1110 g/mol. The number of hydrogen-bond acceptors (Lipinski definition) is 14. The summed E-state index contributed by atoms with van der Waals surface area (Å²) in [5, 5.41) is 4.23. The number of fused-ring (bicyclic) bond motifs is 6. The van der Waals surface area contributed by atoms with Gasteiger partial charge in [-0.3, -0.25) is 9.97 Å². The van der Waals surface area contributed by atoms with E-state index in [4.69, 9.17) is 53.3 Å². The zero-order valence-electron chi connectivity index (χ0n) is 50.1. The van der Waals surface area contributed by atoms with Crippen molar-refractivity contribution < 1.29 is 33.3 Å². The molecule has 440 valence electrons. The summed E-state index contributed by atoms with van der Waals surface area (Å²) in [7, 11) is 4.88. The molecule has 5 aromatic heterocycles. The Labute approximate surface area is 512 Å². The van der Waals surface area contributed by atoms with Crippen LogP contribution in [-0.4, -0.2) is 71.4 Å². The van der Waals surface area contributed by atoms with E-state index < -0.39 is 0 Å². The first-order chi connectivity index (χ1) is 42.0. The van der Waals surface area contributed by atoms with Crippen molar-refractivity contribution in [1.29, 1.82) is 0 Å². The molecule has 0 saturated carbocycles. The standard InChI is InChI=1S/C27H25N3O3.C27H29N3O2.C17H13ClN2O2/c1-17-12-22(33-16-32-3)10-9-21(17)8-6-20-13-24-23-11-7-19(5-4-18(2)31)14-25(23)30-27(28)26(24)29-15-20;1-17-12-21(16-32-3)7-10-22(17)9-6-20-13-24-23-11-8-19(5-4-18(2)31)14-25(23)30-27(28)26(24)29-15-20;1-12-8-15(22-11-21-3)7-6-14(12)5-4-13-9-16(18)17(19-2)20-10-13/h7,9-15H,4-5,16H2,1-3H3,(H2,28,30);7-8,10-15H,4-6,9,16H2,1-3H3,(H2,28,30);6-10H,11H2,1,3H3. The molecule has 0 radical (unpaired) electrons. The fourth-order valence-corrected chi connectivity index (χ4v) is 9.74. The number of carbonyl (C=O) groups excluding carboxylic acids is 2. The van der Waals surface area contributed by atoms with Gasteiger partial charge in [-0.25, -0.2) is 9.97 Å². The number of aryl methyl sites for hydroxylation is 7. The number of pyridine rings is 5. The van der Waals surface area contributed by atoms with E-state index >= 15 is 0 Å². The molecule has 0 aliphatic carbocycles. The van der Waals surface area contributed by atoms with Crippen molar-refractivity contribution >= 4 is 84.2 Å². The lowest BCUT2D eigenvalue weighted by Gasteiger charge is -2.11. The second-order valence-electron chi connectivity index (χ2n) is 20.9. The van der Waals surface area contributed by atoms with E-state index in [1.807, 2.05) is 86.8 Å². The molecular formula is C71H67ClN8O7. The maximum absolute atomic E-state index is 11.3. The third-order valence-corrected chi connectivity index (χ3v) is 14.4. The van der Waals surface area contributed by atoms with Crippen LogP contribution in [0.3, 0.4) is 0 Å². The van der Waals surface area contributed by atoms with Crippen molar-refractivity contribution in [2.45, 2.75) is 79.8 Å². The van der Waals surface area contributed by atoms with Gasteiger partial charge in [-0.15, -0.1) is 4.98 Å². The van der Waals surface area contributed by atoms with Gasteiger partial charge in [-0.2, -0.15) is 0 Å². The SMILES string of the molecule is COCOc1ccc(C#Cc2cnc3c(N)nc4cc(CCC(C)=O)ccc4c3c2)c(C)c1.COCc1ccc(CCc2cnc3c(N)nc4cc(CCC(C)=O)ccc4c3c2)c(C)c1.[C-]#[N+]c1ncc(C#Cc2ccc(OCOC)cc2C)cc1Cl. The van der Waals surface area contributed by atoms with Gasteiger partial charge in [0, 0.05) is 84.8 Å². The largest absolute Gasteiger partial charge is 0.468 e. The Kier molecular flexibility index (Phi) is 22.0. The van der Waals surface area contributed by atoms with Crippen LogP contribution < -0.4 is 20.9 Å². The number of benzene rings is 5. The van der Waals surface area contributed by atoms with Crippen LogP contribution in [0.5, 0.6) is 11.5 Å². The first kappa shape index (κ1) is 63.2. The van der Waals surface area contributed by atoms with Gasteiger partial charge in [0.05, 0.1) is 28.2 Å². The minimum absolute atomic E-state index is 0.167. The summed E-state index contributed by atoms with van der Waals surface area (Å²) in [5.74, 6) is 15.3. The number of carbonyl (C=O) groups is 2. The molecule has 0 atom stereocenters. The van der Waals surface area contributed by atoms with Crippen LogP contribution in [-0.2, 0) is 56.1 Å². The molecule has 4 N–H and O–H groups in total. The highest BCUT2D eigenvalue weighted by Gasteiger charge is 2.13. The number of ketones is 2. The van der Waals surface area contributed by atoms with Crippen LogP contribution in [0.4, 0.5) is 17.5 Å².